The number of piperidine rings is 2. The van der Waals surface area contributed by atoms with Crippen LogP contribution in [0.15, 0.2) is 24.3 Å². The van der Waals surface area contributed by atoms with Gasteiger partial charge in [0.25, 0.3) is 5.91 Å². The van der Waals surface area contributed by atoms with Crippen molar-refractivity contribution in [2.75, 3.05) is 46.4 Å². The Bertz CT molecular complexity index is 1120. The number of ether oxygens (including phenoxy) is 1. The monoisotopic (exact) mass is 587 g/mol. The highest BCUT2D eigenvalue weighted by Gasteiger charge is 2.30. The molecule has 2 aliphatic heterocycles. The molecule has 230 valence electrons. The van der Waals surface area contributed by atoms with Crippen LogP contribution in [0.2, 0.25) is 0 Å². The van der Waals surface area contributed by atoms with Gasteiger partial charge in [-0.15, -0.1) is 0 Å². The maximum atomic E-state index is 12.8. The van der Waals surface area contributed by atoms with Crippen LogP contribution in [0, 0.1) is 11.8 Å². The molecule has 3 rings (SSSR count). The number of benzene rings is 1. The summed E-state index contributed by atoms with van der Waals surface area (Å²) in [5, 5.41) is 20.4. The zero-order valence-electron chi connectivity index (χ0n) is 24.0. The molecule has 42 heavy (non-hydrogen) atoms. The number of nitrogens with zero attached hydrogens (tertiary/aromatic N) is 1. The summed E-state index contributed by atoms with van der Waals surface area (Å²) in [4.78, 5) is 75.1. The zero-order chi connectivity index (χ0) is 30.5. The molecule has 1 aromatic carbocycles. The van der Waals surface area contributed by atoms with E-state index >= 15 is 0 Å². The van der Waals surface area contributed by atoms with E-state index in [1.54, 1.807) is 4.90 Å². The highest BCUT2D eigenvalue weighted by Crippen LogP contribution is 2.21. The average Bonchev–Trinajstić information content (AvgIpc) is 3.01. The minimum Gasteiger partial charge on any atom is -0.480 e. The molecule has 2 heterocycles. The van der Waals surface area contributed by atoms with E-state index in [0.717, 1.165) is 32.4 Å². The number of esters is 1. The molecule has 1 unspecified atom stereocenters. The Morgan fingerprint density at radius 1 is 1.00 bits per heavy atom. The minimum absolute atomic E-state index is 0.0482. The topological polar surface area (TPSA) is 183 Å². The van der Waals surface area contributed by atoms with Crippen LogP contribution in [-0.4, -0.2) is 98.0 Å². The van der Waals surface area contributed by atoms with Crippen molar-refractivity contribution >= 4 is 35.6 Å². The van der Waals surface area contributed by atoms with Gasteiger partial charge in [0.15, 0.2) is 0 Å². The van der Waals surface area contributed by atoms with E-state index in [-0.39, 0.29) is 42.5 Å². The van der Waals surface area contributed by atoms with Gasteiger partial charge in [-0.25, -0.2) is 9.59 Å². The molecule has 13 nitrogen and oxygen atoms in total. The van der Waals surface area contributed by atoms with Gasteiger partial charge in [0.2, 0.25) is 17.7 Å². The van der Waals surface area contributed by atoms with Gasteiger partial charge < -0.3 is 36.0 Å². The van der Waals surface area contributed by atoms with Crippen LogP contribution >= 0.6 is 0 Å². The number of hydrogen-bond donors (Lipinski definition) is 5. The van der Waals surface area contributed by atoms with Crippen LogP contribution in [0.3, 0.4) is 0 Å². The molecule has 4 amide bonds. The fourth-order valence-corrected chi connectivity index (χ4v) is 5.15. The molecule has 0 saturated carbocycles. The molecule has 0 bridgehead atoms. The van der Waals surface area contributed by atoms with Crippen LogP contribution in [0.1, 0.15) is 65.7 Å². The van der Waals surface area contributed by atoms with Gasteiger partial charge in [0.05, 0.1) is 18.6 Å². The molecule has 0 spiro atoms. The molecule has 2 aliphatic rings. The van der Waals surface area contributed by atoms with Crippen LogP contribution in [0.5, 0.6) is 0 Å². The summed E-state index contributed by atoms with van der Waals surface area (Å²) >= 11 is 0. The number of amides is 4. The number of rotatable bonds is 13. The largest absolute Gasteiger partial charge is 0.480 e. The van der Waals surface area contributed by atoms with Crippen molar-refractivity contribution < 1.29 is 38.6 Å². The zero-order valence-corrected chi connectivity index (χ0v) is 24.0. The molecule has 5 N–H and O–H groups in total. The second-order valence-corrected chi connectivity index (χ2v) is 10.7. The second kappa shape index (κ2) is 16.4. The summed E-state index contributed by atoms with van der Waals surface area (Å²) in [6.45, 7) is 2.51. The maximum absolute atomic E-state index is 12.8. The number of carbonyl (C=O) groups excluding carboxylic acids is 5. The minimum atomic E-state index is -1.35. The first-order chi connectivity index (χ1) is 20.2. The van der Waals surface area contributed by atoms with E-state index < -0.39 is 35.7 Å². The summed E-state index contributed by atoms with van der Waals surface area (Å²) in [6, 6.07) is 4.43. The number of likely N-dealkylation sites (tertiary alicyclic amines) is 1. The Labute approximate surface area is 245 Å². The van der Waals surface area contributed by atoms with Crippen LogP contribution < -0.4 is 21.3 Å². The molecule has 0 radical (unpaired) electrons. The molecule has 0 aliphatic carbocycles. The molecular formula is C29H41N5O8. The molecule has 0 aromatic heterocycles. The third-order valence-corrected chi connectivity index (χ3v) is 7.69. The lowest BCUT2D eigenvalue weighted by molar-refractivity contribution is -0.142. The molecule has 2 fully saturated rings. The van der Waals surface area contributed by atoms with Crippen molar-refractivity contribution in [3.05, 3.63) is 35.4 Å². The molecule has 2 saturated heterocycles. The average molecular weight is 588 g/mol. The fourth-order valence-electron chi connectivity index (χ4n) is 5.15. The number of aliphatic carboxylic acids is 1. The Balaban J connectivity index is 1.38. The van der Waals surface area contributed by atoms with Crippen molar-refractivity contribution in [1.82, 2.24) is 26.2 Å². The second-order valence-electron chi connectivity index (χ2n) is 10.7. The van der Waals surface area contributed by atoms with Crippen LogP contribution in [-0.2, 0) is 23.9 Å². The quantitative estimate of drug-likeness (QED) is 0.203. The van der Waals surface area contributed by atoms with Crippen molar-refractivity contribution in [2.24, 2.45) is 11.8 Å². The van der Waals surface area contributed by atoms with E-state index in [1.165, 1.54) is 31.4 Å². The maximum Gasteiger partial charge on any atom is 0.337 e. The molecule has 13 heteroatoms. The number of carbonyl (C=O) groups is 6. The normalized spacial score (nSPS) is 17.9. The van der Waals surface area contributed by atoms with E-state index in [4.69, 9.17) is 0 Å². The van der Waals surface area contributed by atoms with Crippen LogP contribution in [0.4, 0.5) is 0 Å². The highest BCUT2D eigenvalue weighted by atomic mass is 16.5. The van der Waals surface area contributed by atoms with Gasteiger partial charge in [-0.1, -0.05) is 0 Å². The third kappa shape index (κ3) is 10.1. The summed E-state index contributed by atoms with van der Waals surface area (Å²) in [7, 11) is 1.25. The van der Waals surface area contributed by atoms with Crippen molar-refractivity contribution in [3.8, 4) is 0 Å². The standard InChI is InChI=1S/C29H41N5O8/c1-42-29(41)21-7-5-20(6-8-21)26(37)31-15-12-24(35)33-23(28(39)40)17-32-27(38)22-3-2-16-34(18-22)25(36)9-4-19-10-13-30-14-11-19/h5-8,19,22-23,30H,2-4,9-18H2,1H3,(H,31,37)(H,32,38)(H,33,35)(H,39,40)/t22-,23?/m1/s1. The number of nitrogens with one attached hydrogen (secondary N) is 4. The van der Waals surface area contributed by atoms with Gasteiger partial charge in [-0.3, -0.25) is 19.2 Å². The van der Waals surface area contributed by atoms with Gasteiger partial charge in [-0.05, 0) is 75.4 Å². The van der Waals surface area contributed by atoms with Crippen LogP contribution in [0.25, 0.3) is 0 Å². The third-order valence-electron chi connectivity index (χ3n) is 7.69. The lowest BCUT2D eigenvalue weighted by atomic mass is 9.92. The lowest BCUT2D eigenvalue weighted by Crippen LogP contribution is -2.51. The van der Waals surface area contributed by atoms with Gasteiger partial charge in [0, 0.05) is 44.6 Å². The van der Waals surface area contributed by atoms with Crippen molar-refractivity contribution in [3.63, 3.8) is 0 Å². The number of carboxylic acid groups (broad SMARTS) is 1. The first kappa shape index (κ1) is 32.5. The first-order valence-electron chi connectivity index (χ1n) is 14.4. The Morgan fingerprint density at radius 2 is 1.69 bits per heavy atom. The van der Waals surface area contributed by atoms with E-state index in [2.05, 4.69) is 26.0 Å². The summed E-state index contributed by atoms with van der Waals surface area (Å²) in [5.74, 6) is -3.11. The lowest BCUT2D eigenvalue weighted by Gasteiger charge is -2.33. The van der Waals surface area contributed by atoms with E-state index in [0.29, 0.717) is 38.3 Å². The number of methoxy groups -OCH3 is 1. The highest BCUT2D eigenvalue weighted by molar-refractivity contribution is 5.96. The van der Waals surface area contributed by atoms with E-state index in [1.807, 2.05) is 0 Å². The molecule has 2 atom stereocenters. The fraction of sp³-hybridized carbons (Fsp3) is 0.586. The summed E-state index contributed by atoms with van der Waals surface area (Å²) in [6.07, 6.45) is 4.57. The van der Waals surface area contributed by atoms with Crippen molar-refractivity contribution in [2.45, 2.75) is 51.0 Å². The molecular weight excluding hydrogens is 546 g/mol. The molecule has 1 aromatic rings. The Kier molecular flexibility index (Phi) is 12.7. The smallest absolute Gasteiger partial charge is 0.337 e. The van der Waals surface area contributed by atoms with Gasteiger partial charge >= 0.3 is 11.9 Å². The van der Waals surface area contributed by atoms with Crippen molar-refractivity contribution in [1.29, 1.82) is 0 Å². The summed E-state index contributed by atoms with van der Waals surface area (Å²) < 4.78 is 4.61. The first-order valence-corrected chi connectivity index (χ1v) is 14.4. The SMILES string of the molecule is COC(=O)c1ccc(C(=O)NCCC(=O)NC(CNC(=O)[C@@H]2CCCN(C(=O)CCC3CCNCC3)C2)C(=O)O)cc1. The Morgan fingerprint density at radius 3 is 2.36 bits per heavy atom. The predicted molar refractivity (Wildman–Crippen MR) is 151 cm³/mol. The van der Waals surface area contributed by atoms with Gasteiger partial charge in [0.1, 0.15) is 6.04 Å². The predicted octanol–water partition coefficient (Wildman–Crippen LogP) is 0.297. The summed E-state index contributed by atoms with van der Waals surface area (Å²) in [5.41, 5.74) is 0.566. The number of carboxylic acids is 1. The van der Waals surface area contributed by atoms with E-state index in [9.17, 15) is 33.9 Å². The Hall–Kier alpha value is -4.00. The van der Waals surface area contributed by atoms with Gasteiger partial charge in [-0.2, -0.15) is 0 Å². The number of hydrogen-bond acceptors (Lipinski definition) is 8.